The zero-order valence-corrected chi connectivity index (χ0v) is 23.1. The van der Waals surface area contributed by atoms with E-state index in [0.717, 1.165) is 13.2 Å². The highest BCUT2D eigenvalue weighted by Gasteiger charge is 2.53. The molecule has 0 radical (unpaired) electrons. The minimum Gasteiger partial charge on any atom is -0.510 e. The number of ether oxygens (including phenoxy) is 1. The number of benzene rings is 1. The highest BCUT2D eigenvalue weighted by Crippen LogP contribution is 2.56. The van der Waals surface area contributed by atoms with Crippen LogP contribution in [0.1, 0.15) is 30.2 Å². The van der Waals surface area contributed by atoms with E-state index in [1.165, 1.54) is 0 Å². The molecule has 1 aromatic heterocycles. The van der Waals surface area contributed by atoms with Crippen LogP contribution in [0, 0.1) is 10.4 Å². The predicted molar refractivity (Wildman–Crippen MR) is 155 cm³/mol. The molecule has 4 aliphatic carbocycles. The lowest BCUT2D eigenvalue weighted by Gasteiger charge is -2.27. The number of hydrogen-bond acceptors (Lipinski definition) is 9. The lowest BCUT2D eigenvalue weighted by molar-refractivity contribution is 0.362. The molecule has 1 aromatic carbocycles. The van der Waals surface area contributed by atoms with Gasteiger partial charge in [0.25, 0.3) is 5.56 Å². The summed E-state index contributed by atoms with van der Waals surface area (Å²) < 4.78 is 5.32. The van der Waals surface area contributed by atoms with Gasteiger partial charge in [-0.25, -0.2) is 0 Å². The highest BCUT2D eigenvalue weighted by atomic mass is 79.9. The van der Waals surface area contributed by atoms with Gasteiger partial charge >= 0.3 is 0 Å². The van der Waals surface area contributed by atoms with Gasteiger partial charge in [-0.15, -0.1) is 0 Å². The van der Waals surface area contributed by atoms with Crippen LogP contribution < -0.4 is 42.4 Å². The summed E-state index contributed by atoms with van der Waals surface area (Å²) in [6.07, 6.45) is 7.06. The first kappa shape index (κ1) is 26.5. The van der Waals surface area contributed by atoms with Crippen LogP contribution >= 0.6 is 15.9 Å². The van der Waals surface area contributed by atoms with Gasteiger partial charge in [0.1, 0.15) is 22.7 Å². The Kier molecular flexibility index (Phi) is 5.72. The Labute approximate surface area is 236 Å². The van der Waals surface area contributed by atoms with E-state index in [2.05, 4.69) is 20.9 Å². The Morgan fingerprint density at radius 1 is 0.927 bits per heavy atom. The Balaban J connectivity index is 1.78. The van der Waals surface area contributed by atoms with Gasteiger partial charge in [-0.1, -0.05) is 18.2 Å². The van der Waals surface area contributed by atoms with Crippen LogP contribution in [0.3, 0.4) is 0 Å². The summed E-state index contributed by atoms with van der Waals surface area (Å²) in [6, 6.07) is 2.44. The number of rotatable bonds is 3. The Bertz CT molecular complexity index is 2410. The molecule has 1 spiro atoms. The van der Waals surface area contributed by atoms with E-state index in [0.29, 0.717) is 21.1 Å². The number of H-pyrrole nitrogens is 1. The van der Waals surface area contributed by atoms with Crippen molar-refractivity contribution in [3.8, 4) is 11.5 Å². The van der Waals surface area contributed by atoms with Crippen LogP contribution in [-0.4, -0.2) is 27.4 Å². The van der Waals surface area contributed by atoms with Crippen molar-refractivity contribution in [2.45, 2.75) is 25.2 Å². The van der Waals surface area contributed by atoms with Gasteiger partial charge in [-0.05, 0) is 53.4 Å². The van der Waals surface area contributed by atoms with Gasteiger partial charge in [-0.2, -0.15) is 0 Å². The predicted octanol–water partition coefficient (Wildman–Crippen LogP) is 0.865. The summed E-state index contributed by atoms with van der Waals surface area (Å²) in [4.78, 5) is 68.7. The number of aromatic amines is 1. The molecule has 206 valence electrons. The fraction of sp³-hybridized carbons (Fsp3) is 0.167. The number of phenolic OH excluding ortho intramolecular Hbond substituents is 1. The number of pyridine rings is 1. The molecule has 0 aliphatic heterocycles. The highest BCUT2D eigenvalue weighted by molar-refractivity contribution is 9.10. The molecule has 0 saturated carbocycles. The van der Waals surface area contributed by atoms with Crippen molar-refractivity contribution in [2.75, 3.05) is 7.11 Å². The summed E-state index contributed by atoms with van der Waals surface area (Å²) in [5.41, 5.74) is -5.98. The Hall–Kier alpha value is -4.77. The van der Waals surface area contributed by atoms with Crippen LogP contribution in [0.15, 0.2) is 58.8 Å². The molecular formula is C30H20BrNO9. The molecule has 4 aliphatic rings. The van der Waals surface area contributed by atoms with Crippen LogP contribution in [0.25, 0.3) is 28.4 Å². The molecule has 0 bridgehead atoms. The molecule has 0 amide bonds. The molecule has 1 heterocycles. The maximum atomic E-state index is 13.6. The quantitative estimate of drug-likeness (QED) is 0.243. The zero-order valence-electron chi connectivity index (χ0n) is 21.5. The lowest BCUT2D eigenvalue weighted by atomic mass is 9.78. The number of halogens is 1. The Morgan fingerprint density at radius 2 is 1.59 bits per heavy atom. The fourth-order valence-electron chi connectivity index (χ4n) is 6.17. The first-order chi connectivity index (χ1) is 19.5. The Morgan fingerprint density at radius 3 is 2.22 bits per heavy atom. The van der Waals surface area contributed by atoms with Crippen LogP contribution in [0.4, 0.5) is 0 Å². The minimum absolute atomic E-state index is 0.0593. The van der Waals surface area contributed by atoms with Gasteiger partial charge in [0, 0.05) is 27.2 Å². The molecule has 2 aromatic rings. The van der Waals surface area contributed by atoms with Gasteiger partial charge in [0.05, 0.1) is 33.4 Å². The average Bonchev–Trinajstić information content (AvgIpc) is 3.45. The number of aromatic hydroxyl groups is 1. The van der Waals surface area contributed by atoms with Gasteiger partial charge in [-0.3, -0.25) is 24.0 Å². The first-order valence-corrected chi connectivity index (χ1v) is 13.3. The third kappa shape index (κ3) is 3.20. The number of phenols is 1. The summed E-state index contributed by atoms with van der Waals surface area (Å²) in [5.74, 6) is -2.50. The standard InChI is InChI=1S/C30H20BrNO9/c1-3-4-5-6-11-9-13-16(29(40)32-11)26(37)21-12(22(13)31)7-8-30(21)27(38)19-20(28(30)39)25(36)18-17(24(19)35)14(33)10-15(41-2)23(18)34/h3-6,9-10,37-39H,7-8H2,1-2H3,(H,32,40)/t30-/m0/s1. The number of allylic oxidation sites excluding steroid dienone is 3. The SMILES string of the molecule is CC=CC=Cc1cc2c(Br)c3c(c(O)c2c(=O)[nH]1)[C@@]1(CC3)C(O)=c2c(=O)c3c(=O)cc(OC)c(=O)c=3c(=O)c2=C1O. The maximum Gasteiger partial charge on any atom is 0.260 e. The number of aromatic nitrogens is 1. The second-order valence-electron chi connectivity index (χ2n) is 9.91. The molecule has 11 heteroatoms. The summed E-state index contributed by atoms with van der Waals surface area (Å²) in [6.45, 7) is 1.84. The van der Waals surface area contributed by atoms with Crippen molar-refractivity contribution in [3.05, 3.63) is 124 Å². The van der Waals surface area contributed by atoms with E-state index in [-0.39, 0.29) is 23.8 Å². The molecule has 0 saturated heterocycles. The van der Waals surface area contributed by atoms with Crippen molar-refractivity contribution in [2.24, 2.45) is 0 Å². The molecule has 41 heavy (non-hydrogen) atoms. The summed E-state index contributed by atoms with van der Waals surface area (Å²) in [7, 11) is 1.12. The van der Waals surface area contributed by atoms with Crippen molar-refractivity contribution in [1.29, 1.82) is 0 Å². The molecule has 0 fully saturated rings. The molecule has 0 unspecified atom stereocenters. The number of fused-ring (bicyclic) bond motifs is 4. The van der Waals surface area contributed by atoms with Gasteiger partial charge < -0.3 is 25.0 Å². The third-order valence-corrected chi connectivity index (χ3v) is 8.86. The van der Waals surface area contributed by atoms with Gasteiger partial charge in [0.2, 0.25) is 16.3 Å². The molecule has 6 rings (SSSR count). The molecule has 4 N–H and O–H groups in total. The summed E-state index contributed by atoms with van der Waals surface area (Å²) in [5, 5.41) is 32.1. The van der Waals surface area contributed by atoms with Crippen molar-refractivity contribution in [1.82, 2.24) is 4.98 Å². The number of aliphatic hydroxyl groups excluding tert-OH is 2. The van der Waals surface area contributed by atoms with Gasteiger partial charge in [0.15, 0.2) is 11.2 Å². The van der Waals surface area contributed by atoms with E-state index in [1.54, 1.807) is 24.3 Å². The van der Waals surface area contributed by atoms with Crippen LogP contribution in [0.5, 0.6) is 11.5 Å². The third-order valence-electron chi connectivity index (χ3n) is 7.96. The second kappa shape index (κ2) is 8.87. The molecular weight excluding hydrogens is 598 g/mol. The fourth-order valence-corrected chi connectivity index (χ4v) is 6.88. The summed E-state index contributed by atoms with van der Waals surface area (Å²) >= 11 is 3.52. The lowest BCUT2D eigenvalue weighted by Crippen LogP contribution is -2.51. The van der Waals surface area contributed by atoms with E-state index in [9.17, 15) is 39.3 Å². The van der Waals surface area contributed by atoms with Crippen LogP contribution in [0.2, 0.25) is 0 Å². The van der Waals surface area contributed by atoms with E-state index >= 15 is 0 Å². The smallest absolute Gasteiger partial charge is 0.260 e. The topological polar surface area (TPSA) is 171 Å². The van der Waals surface area contributed by atoms with E-state index < -0.39 is 76.6 Å². The number of methoxy groups -OCH3 is 1. The number of hydrogen-bond donors (Lipinski definition) is 4. The van der Waals surface area contributed by atoms with Crippen molar-refractivity contribution >= 4 is 44.3 Å². The van der Waals surface area contributed by atoms with E-state index in [1.807, 2.05) is 13.0 Å². The first-order valence-electron chi connectivity index (χ1n) is 12.5. The monoisotopic (exact) mass is 617 g/mol. The average molecular weight is 618 g/mol. The van der Waals surface area contributed by atoms with Crippen LogP contribution in [-0.2, 0) is 11.8 Å². The largest absolute Gasteiger partial charge is 0.510 e. The number of nitrogens with one attached hydrogen (secondary N) is 1. The maximum absolute atomic E-state index is 13.6. The van der Waals surface area contributed by atoms with E-state index in [4.69, 9.17) is 4.74 Å². The second-order valence-corrected chi connectivity index (χ2v) is 10.7. The normalized spacial score (nSPS) is 18.0. The van der Waals surface area contributed by atoms with Crippen molar-refractivity contribution in [3.63, 3.8) is 0 Å². The molecule has 1 atom stereocenters. The molecule has 10 nitrogen and oxygen atoms in total. The minimum atomic E-state index is -1.97. The zero-order chi connectivity index (χ0) is 29.5. The van der Waals surface area contributed by atoms with Crippen molar-refractivity contribution < 1.29 is 20.1 Å². The number of aliphatic hydroxyl groups is 2.